The highest BCUT2D eigenvalue weighted by Crippen LogP contribution is 2.10. The van der Waals surface area contributed by atoms with Crippen LogP contribution in [0.5, 0.6) is 5.75 Å². The maximum atomic E-state index is 11.7. The molecule has 1 N–H and O–H groups in total. The summed E-state index contributed by atoms with van der Waals surface area (Å²) in [4.78, 5) is 11.7. The van der Waals surface area contributed by atoms with Crippen LogP contribution in [0.15, 0.2) is 24.5 Å². The van der Waals surface area contributed by atoms with E-state index in [2.05, 4.69) is 32.1 Å². The topological polar surface area (TPSA) is 84.6 Å². The monoisotopic (exact) mass is 322 g/mol. The highest BCUT2D eigenvalue weighted by molar-refractivity contribution is 8.13. The summed E-state index contributed by atoms with van der Waals surface area (Å²) in [6.07, 6.45) is 6.09. The lowest BCUT2D eigenvalue weighted by molar-refractivity contribution is -0.697. The molecular weight excluding hydrogens is 302 g/mol. The Bertz CT molecular complexity index is 559. The van der Waals surface area contributed by atoms with Gasteiger partial charge in [-0.25, -0.2) is 4.57 Å². The van der Waals surface area contributed by atoms with E-state index in [-0.39, 0.29) is 5.12 Å². The first kappa shape index (κ1) is 16.4. The van der Waals surface area contributed by atoms with Gasteiger partial charge in [-0.3, -0.25) is 4.79 Å². The van der Waals surface area contributed by atoms with Crippen LogP contribution in [0, 0.1) is 0 Å². The molecule has 0 unspecified atom stereocenters. The van der Waals surface area contributed by atoms with Gasteiger partial charge in [0.15, 0.2) is 23.3 Å². The van der Waals surface area contributed by atoms with Crippen molar-refractivity contribution in [2.45, 2.75) is 32.7 Å². The Morgan fingerprint density at radius 2 is 2.23 bits per heavy atom. The van der Waals surface area contributed by atoms with Crippen molar-refractivity contribution in [1.29, 1.82) is 0 Å². The first-order valence-electron chi connectivity index (χ1n) is 7.28. The van der Waals surface area contributed by atoms with E-state index in [0.717, 1.165) is 18.7 Å². The summed E-state index contributed by atoms with van der Waals surface area (Å²) >= 11 is 1.27. The van der Waals surface area contributed by atoms with Gasteiger partial charge in [-0.1, -0.05) is 23.9 Å². The molecule has 2 heterocycles. The van der Waals surface area contributed by atoms with Crippen LogP contribution in [-0.2, 0) is 17.8 Å². The zero-order valence-corrected chi connectivity index (χ0v) is 13.4. The van der Waals surface area contributed by atoms with Crippen LogP contribution in [0.2, 0.25) is 0 Å². The lowest BCUT2D eigenvalue weighted by atomic mass is 10.4. The number of H-pyrrole nitrogens is 1. The average molecular weight is 322 g/mol. The fourth-order valence-electron chi connectivity index (χ4n) is 1.82. The number of thioether (sulfide) groups is 1. The quantitative estimate of drug-likeness (QED) is 0.698. The van der Waals surface area contributed by atoms with Crippen LogP contribution >= 0.6 is 11.8 Å². The molecule has 0 aromatic carbocycles. The molecule has 0 saturated carbocycles. The predicted molar refractivity (Wildman–Crippen MR) is 82.4 cm³/mol. The summed E-state index contributed by atoms with van der Waals surface area (Å²) in [6, 6.07) is 3.84. The number of pyridine rings is 1. The Morgan fingerprint density at radius 3 is 2.91 bits per heavy atom. The average Bonchev–Trinajstić information content (AvgIpc) is 3.03. The molecule has 0 fully saturated rings. The van der Waals surface area contributed by atoms with Crippen LogP contribution in [-0.4, -0.2) is 38.1 Å². The highest BCUT2D eigenvalue weighted by atomic mass is 32.2. The van der Waals surface area contributed by atoms with Gasteiger partial charge in [0.25, 0.3) is 0 Å². The predicted octanol–water partition coefficient (Wildman–Crippen LogP) is 1.17. The minimum Gasteiger partial charge on any atom is -0.493 e. The minimum atomic E-state index is 0.112. The van der Waals surface area contributed by atoms with E-state index in [1.165, 1.54) is 11.8 Å². The molecule has 118 valence electrons. The third-order valence-electron chi connectivity index (χ3n) is 2.90. The van der Waals surface area contributed by atoms with Gasteiger partial charge >= 0.3 is 0 Å². The first-order valence-corrected chi connectivity index (χ1v) is 8.26. The molecule has 2 rings (SSSR count). The number of aromatic nitrogens is 5. The normalized spacial score (nSPS) is 10.6. The summed E-state index contributed by atoms with van der Waals surface area (Å²) in [6.45, 7) is 3.53. The van der Waals surface area contributed by atoms with E-state index in [4.69, 9.17) is 4.74 Å². The first-order chi connectivity index (χ1) is 10.8. The number of carbonyl (C=O) groups excluding carboxylic acids is 1. The van der Waals surface area contributed by atoms with Gasteiger partial charge in [0, 0.05) is 30.7 Å². The fourth-order valence-corrected chi connectivity index (χ4v) is 2.56. The second kappa shape index (κ2) is 9.14. The Balaban J connectivity index is 1.60. The van der Waals surface area contributed by atoms with E-state index in [9.17, 15) is 4.79 Å². The Labute approximate surface area is 133 Å². The third-order valence-corrected chi connectivity index (χ3v) is 3.83. The van der Waals surface area contributed by atoms with Crippen LogP contribution < -0.4 is 9.30 Å². The molecule has 8 heteroatoms. The number of tetrazole rings is 1. The molecule has 0 bridgehead atoms. The second-order valence-corrected chi connectivity index (χ2v) is 5.82. The van der Waals surface area contributed by atoms with Gasteiger partial charge in [0.2, 0.25) is 0 Å². The van der Waals surface area contributed by atoms with E-state index >= 15 is 0 Å². The molecule has 0 aliphatic heterocycles. The Kier molecular flexibility index (Phi) is 6.82. The molecule has 0 aliphatic carbocycles. The molecule has 0 atom stereocenters. The number of aryl methyl sites for hydroxylation is 2. The van der Waals surface area contributed by atoms with Crippen molar-refractivity contribution in [3.05, 3.63) is 30.4 Å². The fraction of sp³-hybridized carbons (Fsp3) is 0.500. The Morgan fingerprint density at radius 1 is 1.41 bits per heavy atom. The van der Waals surface area contributed by atoms with Gasteiger partial charge in [0.1, 0.15) is 12.3 Å². The van der Waals surface area contributed by atoms with Crippen LogP contribution in [0.1, 0.15) is 25.6 Å². The SMILES string of the molecule is CCC[n+]1ccc(OCCC(=O)SCCc2nn[nH]n2)cc1. The summed E-state index contributed by atoms with van der Waals surface area (Å²) in [5, 5.41) is 13.6. The number of rotatable bonds is 9. The van der Waals surface area contributed by atoms with Crippen LogP contribution in [0.4, 0.5) is 0 Å². The van der Waals surface area contributed by atoms with Gasteiger partial charge in [-0.05, 0) is 0 Å². The van der Waals surface area contributed by atoms with Crippen molar-refractivity contribution in [2.24, 2.45) is 0 Å². The number of aromatic amines is 1. The van der Waals surface area contributed by atoms with Gasteiger partial charge in [-0.2, -0.15) is 5.21 Å². The van der Waals surface area contributed by atoms with E-state index < -0.39 is 0 Å². The second-order valence-electron chi connectivity index (χ2n) is 4.67. The smallest absolute Gasteiger partial charge is 0.192 e. The summed E-state index contributed by atoms with van der Waals surface area (Å²) < 4.78 is 7.68. The highest BCUT2D eigenvalue weighted by Gasteiger charge is 2.06. The van der Waals surface area contributed by atoms with E-state index in [1.807, 2.05) is 24.5 Å². The van der Waals surface area contributed by atoms with Crippen molar-refractivity contribution in [1.82, 2.24) is 20.6 Å². The van der Waals surface area contributed by atoms with Crippen LogP contribution in [0.25, 0.3) is 0 Å². The van der Waals surface area contributed by atoms with Crippen LogP contribution in [0.3, 0.4) is 0 Å². The molecule has 0 amide bonds. The standard InChI is InChI=1S/C14H20N5O2S/c1-2-7-19-8-3-12(4-9-19)21-10-5-14(20)22-11-6-13-15-17-18-16-13/h3-4,8-9H,2,5-7,10-11H2,1H3,(H,15,16,17,18)/q+1. The molecule has 7 nitrogen and oxygen atoms in total. The van der Waals surface area contributed by atoms with Crippen molar-refractivity contribution >= 4 is 16.9 Å². The molecule has 0 saturated heterocycles. The largest absolute Gasteiger partial charge is 0.493 e. The summed E-state index contributed by atoms with van der Waals surface area (Å²) in [7, 11) is 0. The lowest BCUT2D eigenvalue weighted by Gasteiger charge is -2.04. The number of nitrogens with zero attached hydrogens (tertiary/aromatic N) is 4. The zero-order valence-electron chi connectivity index (χ0n) is 12.6. The van der Waals surface area contributed by atoms with Gasteiger partial charge in [-0.15, -0.1) is 10.2 Å². The summed E-state index contributed by atoms with van der Waals surface area (Å²) in [5.74, 6) is 2.07. The van der Waals surface area contributed by atoms with E-state index in [1.54, 1.807) is 0 Å². The lowest BCUT2D eigenvalue weighted by Crippen LogP contribution is -2.31. The molecule has 0 aliphatic rings. The Hall–Kier alpha value is -1.96. The van der Waals surface area contributed by atoms with Crippen molar-refractivity contribution in [3.8, 4) is 5.75 Å². The van der Waals surface area contributed by atoms with Crippen molar-refractivity contribution in [3.63, 3.8) is 0 Å². The summed E-state index contributed by atoms with van der Waals surface area (Å²) in [5.41, 5.74) is 0. The maximum absolute atomic E-state index is 11.7. The van der Waals surface area contributed by atoms with Gasteiger partial charge in [0.05, 0.1) is 13.0 Å². The van der Waals surface area contributed by atoms with Gasteiger partial charge < -0.3 is 4.74 Å². The molecule has 0 radical (unpaired) electrons. The third kappa shape index (κ3) is 5.80. The molecule has 2 aromatic heterocycles. The minimum absolute atomic E-state index is 0.112. The number of ether oxygens (including phenoxy) is 1. The number of hydrogen-bond acceptors (Lipinski definition) is 6. The van der Waals surface area contributed by atoms with E-state index in [0.29, 0.717) is 31.0 Å². The van der Waals surface area contributed by atoms with Crippen molar-refractivity contribution in [2.75, 3.05) is 12.4 Å². The zero-order chi connectivity index (χ0) is 15.6. The number of hydrogen-bond donors (Lipinski definition) is 1. The molecule has 2 aromatic rings. The molecule has 22 heavy (non-hydrogen) atoms. The number of carbonyl (C=O) groups is 1. The maximum Gasteiger partial charge on any atom is 0.192 e. The van der Waals surface area contributed by atoms with Crippen molar-refractivity contribution < 1.29 is 14.1 Å². The number of nitrogens with one attached hydrogen (secondary N) is 1. The molecular formula is C14H20N5O2S+. The molecule has 0 spiro atoms.